The van der Waals surface area contributed by atoms with Crippen LogP contribution in [-0.4, -0.2) is 5.11 Å². The van der Waals surface area contributed by atoms with E-state index in [1.807, 2.05) is 12.1 Å². The van der Waals surface area contributed by atoms with Gasteiger partial charge in [0.15, 0.2) is 0 Å². The summed E-state index contributed by atoms with van der Waals surface area (Å²) in [6, 6.07) is 12.5. The van der Waals surface area contributed by atoms with Crippen molar-refractivity contribution in [2.24, 2.45) is 5.92 Å². The molecule has 3 heteroatoms. The molecule has 0 saturated heterocycles. The van der Waals surface area contributed by atoms with Gasteiger partial charge in [0.2, 0.25) is 0 Å². The topological polar surface area (TPSA) is 44.0 Å². The van der Waals surface area contributed by atoms with Gasteiger partial charge in [-0.2, -0.15) is 5.26 Å². The predicted octanol–water partition coefficient (Wildman–Crippen LogP) is 5.36. The summed E-state index contributed by atoms with van der Waals surface area (Å²) in [4.78, 5) is 0. The van der Waals surface area contributed by atoms with Crippen molar-refractivity contribution in [1.82, 2.24) is 0 Å². The quantitative estimate of drug-likeness (QED) is 0.811. The Morgan fingerprint density at radius 2 is 1.70 bits per heavy atom. The highest BCUT2D eigenvalue weighted by Crippen LogP contribution is 2.36. The molecular weight excluding hydrogens is 289 g/mol. The number of phenolic OH excluding ortho intramolecular Hbond substituents is 1. The number of nitriles is 1. The van der Waals surface area contributed by atoms with Crippen LogP contribution in [0.5, 0.6) is 5.75 Å². The second-order valence-corrected chi connectivity index (χ2v) is 6.54. The second kappa shape index (κ2) is 6.42. The zero-order chi connectivity index (χ0) is 16.4. The van der Waals surface area contributed by atoms with Gasteiger partial charge in [0.05, 0.1) is 0 Å². The van der Waals surface area contributed by atoms with E-state index < -0.39 is 5.82 Å². The molecule has 2 aromatic rings. The summed E-state index contributed by atoms with van der Waals surface area (Å²) in [6.07, 6.45) is 5.02. The smallest absolute Gasteiger partial charge is 0.145 e. The van der Waals surface area contributed by atoms with Crippen LogP contribution in [-0.2, 0) is 0 Å². The molecule has 1 saturated carbocycles. The van der Waals surface area contributed by atoms with Crippen LogP contribution in [0.3, 0.4) is 0 Å². The lowest BCUT2D eigenvalue weighted by atomic mass is 9.79. The number of halogens is 1. The van der Waals surface area contributed by atoms with Gasteiger partial charge in [-0.25, -0.2) is 4.39 Å². The highest BCUT2D eigenvalue weighted by atomic mass is 19.1. The van der Waals surface area contributed by atoms with E-state index in [4.69, 9.17) is 5.26 Å². The van der Waals surface area contributed by atoms with Crippen LogP contribution in [0.4, 0.5) is 4.39 Å². The van der Waals surface area contributed by atoms with Crippen molar-refractivity contribution in [3.8, 4) is 22.9 Å². The fourth-order valence-corrected chi connectivity index (χ4v) is 3.41. The lowest BCUT2D eigenvalue weighted by Crippen LogP contribution is -2.10. The number of aromatic hydroxyl groups is 1. The fraction of sp³-hybridized carbons (Fsp3) is 0.350. The fourth-order valence-electron chi connectivity index (χ4n) is 3.41. The van der Waals surface area contributed by atoms with Crippen molar-refractivity contribution in [2.75, 3.05) is 0 Å². The van der Waals surface area contributed by atoms with E-state index in [1.54, 1.807) is 6.07 Å². The van der Waals surface area contributed by atoms with Gasteiger partial charge in [0.25, 0.3) is 0 Å². The maximum atomic E-state index is 13.8. The van der Waals surface area contributed by atoms with Crippen molar-refractivity contribution in [2.45, 2.75) is 38.5 Å². The zero-order valence-corrected chi connectivity index (χ0v) is 13.2. The van der Waals surface area contributed by atoms with Crippen molar-refractivity contribution < 1.29 is 9.50 Å². The molecule has 0 radical (unpaired) electrons. The van der Waals surface area contributed by atoms with E-state index in [2.05, 4.69) is 19.1 Å². The minimum absolute atomic E-state index is 0.304. The van der Waals surface area contributed by atoms with Gasteiger partial charge >= 0.3 is 0 Å². The van der Waals surface area contributed by atoms with Gasteiger partial charge in [-0.1, -0.05) is 44.0 Å². The van der Waals surface area contributed by atoms with Crippen molar-refractivity contribution in [3.05, 3.63) is 53.3 Å². The van der Waals surface area contributed by atoms with Gasteiger partial charge < -0.3 is 5.11 Å². The third kappa shape index (κ3) is 3.22. The third-order valence-electron chi connectivity index (χ3n) is 4.91. The molecule has 0 aliphatic heterocycles. The van der Waals surface area contributed by atoms with E-state index in [9.17, 15) is 9.50 Å². The molecule has 0 aromatic heterocycles. The van der Waals surface area contributed by atoms with Crippen LogP contribution in [0.25, 0.3) is 11.1 Å². The minimum Gasteiger partial charge on any atom is -0.506 e. The van der Waals surface area contributed by atoms with Gasteiger partial charge in [-0.15, -0.1) is 0 Å². The lowest BCUT2D eigenvalue weighted by molar-refractivity contribution is 0.348. The molecule has 118 valence electrons. The second-order valence-electron chi connectivity index (χ2n) is 6.54. The zero-order valence-electron chi connectivity index (χ0n) is 13.2. The van der Waals surface area contributed by atoms with Crippen LogP contribution < -0.4 is 0 Å². The molecule has 0 atom stereocenters. The molecule has 3 rings (SSSR count). The molecule has 1 fully saturated rings. The Labute approximate surface area is 136 Å². The van der Waals surface area contributed by atoms with Crippen molar-refractivity contribution >= 4 is 0 Å². The normalized spacial score (nSPS) is 20.9. The van der Waals surface area contributed by atoms with Gasteiger partial charge in [0.1, 0.15) is 23.2 Å². The molecule has 1 aliphatic rings. The van der Waals surface area contributed by atoms with Crippen LogP contribution in [0.2, 0.25) is 0 Å². The first-order valence-corrected chi connectivity index (χ1v) is 8.11. The highest BCUT2D eigenvalue weighted by molar-refractivity contribution is 5.67. The van der Waals surface area contributed by atoms with E-state index >= 15 is 0 Å². The number of hydrogen-bond donors (Lipinski definition) is 1. The molecule has 0 amide bonds. The number of phenols is 1. The number of benzene rings is 2. The molecule has 0 spiro atoms. The Balaban J connectivity index is 1.84. The molecule has 0 bridgehead atoms. The summed E-state index contributed by atoms with van der Waals surface area (Å²) in [7, 11) is 0. The van der Waals surface area contributed by atoms with Crippen molar-refractivity contribution in [1.29, 1.82) is 5.26 Å². The minimum atomic E-state index is -0.687. The van der Waals surface area contributed by atoms with E-state index in [0.717, 1.165) is 11.5 Å². The lowest BCUT2D eigenvalue weighted by Gasteiger charge is -2.26. The maximum absolute atomic E-state index is 13.8. The van der Waals surface area contributed by atoms with Crippen LogP contribution in [0.15, 0.2) is 36.4 Å². The number of rotatable bonds is 2. The average Bonchev–Trinajstić information content (AvgIpc) is 2.55. The van der Waals surface area contributed by atoms with Gasteiger partial charge in [-0.05, 0) is 53.5 Å². The first-order chi connectivity index (χ1) is 11.1. The number of nitrogens with zero attached hydrogens (tertiary/aromatic N) is 1. The Kier molecular flexibility index (Phi) is 4.34. The maximum Gasteiger partial charge on any atom is 0.145 e. The van der Waals surface area contributed by atoms with Crippen LogP contribution >= 0.6 is 0 Å². The Bertz CT molecular complexity index is 714. The average molecular weight is 309 g/mol. The van der Waals surface area contributed by atoms with E-state index in [-0.39, 0.29) is 11.3 Å². The summed E-state index contributed by atoms with van der Waals surface area (Å²) < 4.78 is 13.8. The molecule has 1 N–H and O–H groups in total. The van der Waals surface area contributed by atoms with Gasteiger partial charge in [0, 0.05) is 0 Å². The third-order valence-corrected chi connectivity index (χ3v) is 4.91. The largest absolute Gasteiger partial charge is 0.506 e. The first-order valence-electron chi connectivity index (χ1n) is 8.11. The summed E-state index contributed by atoms with van der Waals surface area (Å²) in [5, 5.41) is 18.6. The first kappa shape index (κ1) is 15.6. The Morgan fingerprint density at radius 3 is 2.26 bits per heavy atom. The predicted molar refractivity (Wildman–Crippen MR) is 88.6 cm³/mol. The molecule has 2 aromatic carbocycles. The summed E-state index contributed by atoms with van der Waals surface area (Å²) in [6.45, 7) is 2.31. The van der Waals surface area contributed by atoms with E-state index in [0.29, 0.717) is 11.5 Å². The molecule has 2 nitrogen and oxygen atoms in total. The van der Waals surface area contributed by atoms with Gasteiger partial charge in [-0.3, -0.25) is 0 Å². The number of hydrogen-bond acceptors (Lipinski definition) is 2. The summed E-state index contributed by atoms with van der Waals surface area (Å²) >= 11 is 0. The SMILES string of the molecule is CC1CCC(c2ccc(-c3cc(O)c(C#N)c(F)c3)cc2)CC1. The van der Waals surface area contributed by atoms with Crippen LogP contribution in [0, 0.1) is 23.1 Å². The van der Waals surface area contributed by atoms with E-state index in [1.165, 1.54) is 43.4 Å². The van der Waals surface area contributed by atoms with Crippen molar-refractivity contribution in [3.63, 3.8) is 0 Å². The highest BCUT2D eigenvalue weighted by Gasteiger charge is 2.19. The molecule has 23 heavy (non-hydrogen) atoms. The molecule has 0 heterocycles. The molecule has 0 unspecified atom stereocenters. The van der Waals surface area contributed by atoms with Crippen LogP contribution in [0.1, 0.15) is 49.7 Å². The monoisotopic (exact) mass is 309 g/mol. The summed E-state index contributed by atoms with van der Waals surface area (Å²) in [5.41, 5.74) is 2.46. The Morgan fingerprint density at radius 1 is 1.04 bits per heavy atom. The molecular formula is C20H20FNO. The summed E-state index contributed by atoms with van der Waals surface area (Å²) in [5.74, 6) is 0.446. The Hall–Kier alpha value is -2.34. The molecule has 1 aliphatic carbocycles. The standard InChI is InChI=1S/C20H20FNO/c1-13-2-4-14(5-3-13)15-6-8-16(9-7-15)17-10-19(21)18(12-22)20(23)11-17/h6-11,13-14,23H,2-5H2,1H3.